The first kappa shape index (κ1) is 12.9. The molecule has 1 aromatic heterocycles. The highest BCUT2D eigenvalue weighted by Gasteiger charge is 2.10. The lowest BCUT2D eigenvalue weighted by molar-refractivity contribution is 0.0983. The minimum atomic E-state index is 0.296. The summed E-state index contributed by atoms with van der Waals surface area (Å²) in [6, 6.07) is 1.98. The maximum Gasteiger partial charge on any atom is 0.172 e. The van der Waals surface area contributed by atoms with Crippen LogP contribution in [0.25, 0.3) is 0 Å². The number of hydrogen-bond donors (Lipinski definition) is 0. The van der Waals surface area contributed by atoms with Crippen LogP contribution in [0.5, 0.6) is 0 Å². The molecule has 0 aliphatic carbocycles. The number of unbranched alkanes of at least 4 members (excludes halogenated alkanes) is 3. The van der Waals surface area contributed by atoms with Crippen molar-refractivity contribution in [1.29, 1.82) is 0 Å². The molecule has 84 valence electrons. The molecule has 0 saturated carbocycles. The minimum absolute atomic E-state index is 0.296. The van der Waals surface area contributed by atoms with E-state index in [1.54, 1.807) is 11.3 Å². The lowest BCUT2D eigenvalue weighted by Crippen LogP contribution is -1.95. The molecule has 0 radical (unpaired) electrons. The summed E-state index contributed by atoms with van der Waals surface area (Å²) in [7, 11) is 0. The van der Waals surface area contributed by atoms with Gasteiger partial charge >= 0.3 is 0 Å². The predicted molar refractivity (Wildman–Crippen MR) is 69.8 cm³/mol. The fraction of sp³-hybridized carbons (Fsp3) is 0.583. The van der Waals surface area contributed by atoms with Crippen LogP contribution in [0.15, 0.2) is 9.85 Å². The van der Waals surface area contributed by atoms with Gasteiger partial charge in [0.25, 0.3) is 0 Å². The number of aryl methyl sites for hydroxylation is 1. The summed E-state index contributed by atoms with van der Waals surface area (Å²) >= 11 is 5.00. The molecule has 0 saturated heterocycles. The molecule has 1 aromatic rings. The van der Waals surface area contributed by atoms with Crippen LogP contribution in [-0.4, -0.2) is 5.78 Å². The molecule has 0 fully saturated rings. The van der Waals surface area contributed by atoms with Crippen molar-refractivity contribution in [2.24, 2.45) is 0 Å². The van der Waals surface area contributed by atoms with Crippen molar-refractivity contribution in [3.63, 3.8) is 0 Å². The Morgan fingerprint density at radius 3 is 2.67 bits per heavy atom. The third-order valence-electron chi connectivity index (χ3n) is 2.39. The van der Waals surface area contributed by atoms with Gasteiger partial charge in [-0.3, -0.25) is 4.79 Å². The van der Waals surface area contributed by atoms with Crippen molar-refractivity contribution in [3.8, 4) is 0 Å². The molecule has 0 aromatic carbocycles. The van der Waals surface area contributed by atoms with Crippen LogP contribution in [0, 0.1) is 6.92 Å². The van der Waals surface area contributed by atoms with Gasteiger partial charge in [0.1, 0.15) is 0 Å². The molecule has 0 N–H and O–H groups in total. The fourth-order valence-electron chi connectivity index (χ4n) is 1.43. The Hall–Kier alpha value is -0.150. The normalized spacial score (nSPS) is 10.6. The smallest absolute Gasteiger partial charge is 0.172 e. The molecule has 3 heteroatoms. The van der Waals surface area contributed by atoms with Gasteiger partial charge in [-0.15, -0.1) is 11.3 Å². The molecule has 1 rings (SSSR count). The quantitative estimate of drug-likeness (QED) is 0.533. The van der Waals surface area contributed by atoms with Gasteiger partial charge in [0.2, 0.25) is 0 Å². The summed E-state index contributed by atoms with van der Waals surface area (Å²) in [5, 5.41) is 0. The molecule has 0 aliphatic heterocycles. The van der Waals surface area contributed by atoms with Gasteiger partial charge in [0, 0.05) is 6.42 Å². The van der Waals surface area contributed by atoms with Crippen molar-refractivity contribution in [2.75, 3.05) is 0 Å². The van der Waals surface area contributed by atoms with Gasteiger partial charge in [0.05, 0.1) is 8.66 Å². The first-order valence-electron chi connectivity index (χ1n) is 5.44. The van der Waals surface area contributed by atoms with Gasteiger partial charge in [0.15, 0.2) is 5.78 Å². The Balaban J connectivity index is 2.40. The number of Topliss-reactive ketones (excluding diaryl/α,β-unsaturated/α-hetero) is 1. The number of thiophene rings is 1. The molecule has 1 nitrogen and oxygen atoms in total. The number of carbonyl (C=O) groups is 1. The van der Waals surface area contributed by atoms with Gasteiger partial charge in [-0.2, -0.15) is 0 Å². The van der Waals surface area contributed by atoms with E-state index in [0.29, 0.717) is 12.2 Å². The Morgan fingerprint density at radius 2 is 2.13 bits per heavy atom. The summed E-state index contributed by atoms with van der Waals surface area (Å²) in [6.45, 7) is 4.20. The predicted octanol–water partition coefficient (Wildman–Crippen LogP) is 4.97. The van der Waals surface area contributed by atoms with Crippen LogP contribution in [0.3, 0.4) is 0 Å². The number of rotatable bonds is 6. The molecule has 1 heterocycles. The van der Waals surface area contributed by atoms with Crippen molar-refractivity contribution in [2.45, 2.75) is 46.0 Å². The average Bonchev–Trinajstić information content (AvgIpc) is 2.54. The molecule has 0 spiro atoms. The molecule has 0 atom stereocenters. The number of hydrogen-bond acceptors (Lipinski definition) is 2. The molecule has 0 bridgehead atoms. The van der Waals surface area contributed by atoms with Crippen LogP contribution in [0.4, 0.5) is 0 Å². The van der Waals surface area contributed by atoms with E-state index < -0.39 is 0 Å². The first-order valence-corrected chi connectivity index (χ1v) is 7.05. The third-order valence-corrected chi connectivity index (χ3v) is 4.57. The van der Waals surface area contributed by atoms with Crippen LogP contribution in [0.1, 0.15) is 54.3 Å². The van der Waals surface area contributed by atoms with E-state index in [2.05, 4.69) is 22.9 Å². The Bertz CT molecular complexity index is 311. The first-order chi connectivity index (χ1) is 7.15. The third kappa shape index (κ3) is 4.07. The van der Waals surface area contributed by atoms with Gasteiger partial charge in [-0.1, -0.05) is 26.2 Å². The Morgan fingerprint density at radius 1 is 1.40 bits per heavy atom. The zero-order chi connectivity index (χ0) is 11.3. The zero-order valence-electron chi connectivity index (χ0n) is 9.31. The highest BCUT2D eigenvalue weighted by molar-refractivity contribution is 9.11. The van der Waals surface area contributed by atoms with Crippen LogP contribution in [0.2, 0.25) is 0 Å². The summed E-state index contributed by atoms with van der Waals surface area (Å²) in [5.41, 5.74) is 1.16. The number of ketones is 1. The second kappa shape index (κ2) is 6.44. The van der Waals surface area contributed by atoms with Crippen molar-refractivity contribution >= 4 is 33.0 Å². The molecule has 0 amide bonds. The van der Waals surface area contributed by atoms with E-state index in [1.807, 2.05) is 13.0 Å². The van der Waals surface area contributed by atoms with Crippen LogP contribution in [-0.2, 0) is 0 Å². The highest BCUT2D eigenvalue weighted by atomic mass is 79.9. The van der Waals surface area contributed by atoms with E-state index in [9.17, 15) is 4.79 Å². The zero-order valence-corrected chi connectivity index (χ0v) is 11.7. The van der Waals surface area contributed by atoms with E-state index in [-0.39, 0.29) is 0 Å². The van der Waals surface area contributed by atoms with Crippen LogP contribution < -0.4 is 0 Å². The van der Waals surface area contributed by atoms with E-state index in [1.165, 1.54) is 19.3 Å². The molecule has 15 heavy (non-hydrogen) atoms. The Labute approximate surface area is 104 Å². The maximum absolute atomic E-state index is 11.8. The van der Waals surface area contributed by atoms with Crippen molar-refractivity contribution in [1.82, 2.24) is 0 Å². The summed E-state index contributed by atoms with van der Waals surface area (Å²) in [4.78, 5) is 12.7. The molecule has 0 unspecified atom stereocenters. The van der Waals surface area contributed by atoms with Crippen molar-refractivity contribution < 1.29 is 4.79 Å². The standard InChI is InChI=1S/C12H17BrOS/c1-3-4-5-6-7-10(14)11-8-9(2)12(13)15-11/h8H,3-7H2,1-2H3. The second-order valence-electron chi connectivity index (χ2n) is 3.80. The van der Waals surface area contributed by atoms with E-state index in [4.69, 9.17) is 0 Å². The van der Waals surface area contributed by atoms with Gasteiger partial charge in [-0.25, -0.2) is 0 Å². The Kier molecular flexibility index (Phi) is 5.54. The lowest BCUT2D eigenvalue weighted by atomic mass is 10.1. The second-order valence-corrected chi connectivity index (χ2v) is 6.17. The molecular formula is C12H17BrOS. The monoisotopic (exact) mass is 288 g/mol. The fourth-order valence-corrected chi connectivity index (χ4v) is 2.94. The summed E-state index contributed by atoms with van der Waals surface area (Å²) in [5.74, 6) is 0.296. The molecular weight excluding hydrogens is 272 g/mol. The average molecular weight is 289 g/mol. The van der Waals surface area contributed by atoms with Crippen LogP contribution >= 0.6 is 27.3 Å². The van der Waals surface area contributed by atoms with Crippen molar-refractivity contribution in [3.05, 3.63) is 20.3 Å². The highest BCUT2D eigenvalue weighted by Crippen LogP contribution is 2.28. The number of carbonyl (C=O) groups excluding carboxylic acids is 1. The van der Waals surface area contributed by atoms with Gasteiger partial charge in [-0.05, 0) is 40.9 Å². The lowest BCUT2D eigenvalue weighted by Gasteiger charge is -1.97. The topological polar surface area (TPSA) is 17.1 Å². The number of halogens is 1. The largest absolute Gasteiger partial charge is 0.293 e. The summed E-state index contributed by atoms with van der Waals surface area (Å²) in [6.07, 6.45) is 5.36. The SMILES string of the molecule is CCCCCCC(=O)c1cc(C)c(Br)s1. The minimum Gasteiger partial charge on any atom is -0.293 e. The maximum atomic E-state index is 11.8. The van der Waals surface area contributed by atoms with Gasteiger partial charge < -0.3 is 0 Å². The van der Waals surface area contributed by atoms with E-state index in [0.717, 1.165) is 20.6 Å². The van der Waals surface area contributed by atoms with E-state index >= 15 is 0 Å². The molecule has 0 aliphatic rings. The summed E-state index contributed by atoms with van der Waals surface area (Å²) < 4.78 is 1.08.